The highest BCUT2D eigenvalue weighted by molar-refractivity contribution is 7.99. The number of carbonyl (C=O) groups is 1. The first-order chi connectivity index (χ1) is 14.7. The summed E-state index contributed by atoms with van der Waals surface area (Å²) in [4.78, 5) is 17.9. The highest BCUT2D eigenvalue weighted by atomic mass is 32.2. The van der Waals surface area contributed by atoms with Crippen LogP contribution in [-0.4, -0.2) is 30.9 Å². The van der Waals surface area contributed by atoms with E-state index in [4.69, 9.17) is 0 Å². The lowest BCUT2D eigenvalue weighted by molar-refractivity contribution is 0.102. The number of amides is 1. The topological polar surface area (TPSA) is 85.1 Å². The molecule has 5 aromatic rings. The van der Waals surface area contributed by atoms with Crippen molar-refractivity contribution >= 4 is 40.0 Å². The van der Waals surface area contributed by atoms with Crippen LogP contribution in [0.25, 0.3) is 16.7 Å². The summed E-state index contributed by atoms with van der Waals surface area (Å²) in [5.41, 5.74) is 3.22. The number of hydrogen-bond acceptors (Lipinski definition) is 6. The predicted octanol–water partition coefficient (Wildman–Crippen LogP) is 4.22. The van der Waals surface area contributed by atoms with Crippen molar-refractivity contribution in [2.24, 2.45) is 0 Å². The van der Waals surface area contributed by atoms with Crippen molar-refractivity contribution in [3.05, 3.63) is 84.2 Å². The Morgan fingerprint density at radius 1 is 0.967 bits per heavy atom. The molecule has 1 amide bonds. The van der Waals surface area contributed by atoms with Crippen LogP contribution in [-0.2, 0) is 0 Å². The molecule has 30 heavy (non-hydrogen) atoms. The molecule has 0 bridgehead atoms. The molecule has 0 aliphatic carbocycles. The minimum Gasteiger partial charge on any atom is -0.322 e. The summed E-state index contributed by atoms with van der Waals surface area (Å²) in [5, 5.41) is 15.4. The van der Waals surface area contributed by atoms with E-state index in [-0.39, 0.29) is 11.7 Å². The summed E-state index contributed by atoms with van der Waals surface area (Å²) < 4.78 is 14.7. The van der Waals surface area contributed by atoms with Crippen LogP contribution >= 0.6 is 11.8 Å². The fourth-order valence-electron chi connectivity index (χ4n) is 2.97. The maximum absolute atomic E-state index is 13.0. The number of benzene rings is 3. The number of fused-ring (bicyclic) bond motifs is 3. The van der Waals surface area contributed by atoms with Crippen molar-refractivity contribution in [3.63, 3.8) is 0 Å². The van der Waals surface area contributed by atoms with E-state index >= 15 is 0 Å². The molecule has 0 fully saturated rings. The Hall–Kier alpha value is -3.85. The smallest absolute Gasteiger partial charge is 0.255 e. The lowest BCUT2D eigenvalue weighted by atomic mass is 10.2. The minimum absolute atomic E-state index is 0.303. The Balaban J connectivity index is 1.38. The van der Waals surface area contributed by atoms with Crippen LogP contribution in [0.15, 0.2) is 82.7 Å². The van der Waals surface area contributed by atoms with Gasteiger partial charge in [0.05, 0.1) is 11.0 Å². The predicted molar refractivity (Wildman–Crippen MR) is 111 cm³/mol. The molecule has 0 aliphatic rings. The van der Waals surface area contributed by atoms with Crippen molar-refractivity contribution in [1.29, 1.82) is 0 Å². The quantitative estimate of drug-likeness (QED) is 0.472. The SMILES string of the molecule is O=C(Nc1ccc(Sc2nc3ccccc3n3nnnc23)cc1)c1ccc(F)cc1. The highest BCUT2D eigenvalue weighted by Crippen LogP contribution is 2.31. The Labute approximate surface area is 173 Å². The second-order valence-electron chi connectivity index (χ2n) is 6.41. The van der Waals surface area contributed by atoms with Gasteiger partial charge < -0.3 is 5.32 Å². The molecule has 0 radical (unpaired) electrons. The maximum atomic E-state index is 13.0. The highest BCUT2D eigenvalue weighted by Gasteiger charge is 2.13. The van der Waals surface area contributed by atoms with Gasteiger partial charge in [0.2, 0.25) is 5.65 Å². The number of halogens is 1. The molecule has 9 heteroatoms. The lowest BCUT2D eigenvalue weighted by Crippen LogP contribution is -2.11. The Morgan fingerprint density at radius 2 is 1.73 bits per heavy atom. The molecule has 1 N–H and O–H groups in total. The number of anilines is 1. The average Bonchev–Trinajstić information content (AvgIpc) is 3.26. The van der Waals surface area contributed by atoms with E-state index in [2.05, 4.69) is 25.8 Å². The number of nitrogens with zero attached hydrogens (tertiary/aromatic N) is 5. The third-order valence-electron chi connectivity index (χ3n) is 4.43. The van der Waals surface area contributed by atoms with Crippen LogP contribution in [0.4, 0.5) is 10.1 Å². The van der Waals surface area contributed by atoms with E-state index in [1.54, 1.807) is 16.6 Å². The third-order valence-corrected chi connectivity index (χ3v) is 5.40. The molecule has 146 valence electrons. The van der Waals surface area contributed by atoms with E-state index in [9.17, 15) is 9.18 Å². The van der Waals surface area contributed by atoms with Crippen LogP contribution in [0.2, 0.25) is 0 Å². The molecule has 0 unspecified atom stereocenters. The first-order valence-electron chi connectivity index (χ1n) is 8.99. The molecule has 7 nitrogen and oxygen atoms in total. The molecule has 0 aliphatic heterocycles. The van der Waals surface area contributed by atoms with E-state index < -0.39 is 0 Å². The molecule has 2 aromatic heterocycles. The van der Waals surface area contributed by atoms with Crippen LogP contribution < -0.4 is 5.32 Å². The maximum Gasteiger partial charge on any atom is 0.255 e. The second kappa shape index (κ2) is 7.53. The van der Waals surface area contributed by atoms with Gasteiger partial charge in [-0.25, -0.2) is 9.37 Å². The van der Waals surface area contributed by atoms with Crippen molar-refractivity contribution < 1.29 is 9.18 Å². The summed E-state index contributed by atoms with van der Waals surface area (Å²) in [5.74, 6) is -0.685. The number of aromatic nitrogens is 5. The fraction of sp³-hybridized carbons (Fsp3) is 0. The number of nitrogens with one attached hydrogen (secondary N) is 1. The van der Waals surface area contributed by atoms with Crippen molar-refractivity contribution in [3.8, 4) is 0 Å². The van der Waals surface area contributed by atoms with E-state index in [0.717, 1.165) is 15.9 Å². The van der Waals surface area contributed by atoms with Crippen LogP contribution in [0.1, 0.15) is 10.4 Å². The Kier molecular flexibility index (Phi) is 4.56. The number of tetrazole rings is 1. The van der Waals surface area contributed by atoms with Gasteiger partial charge in [0.15, 0.2) is 0 Å². The van der Waals surface area contributed by atoms with Gasteiger partial charge in [-0.3, -0.25) is 4.79 Å². The van der Waals surface area contributed by atoms with Gasteiger partial charge in [0.25, 0.3) is 5.91 Å². The fourth-order valence-corrected chi connectivity index (χ4v) is 3.83. The van der Waals surface area contributed by atoms with Gasteiger partial charge in [-0.05, 0) is 71.1 Å². The van der Waals surface area contributed by atoms with Gasteiger partial charge in [0.1, 0.15) is 10.8 Å². The standard InChI is InChI=1S/C21H13FN6OS/c22-14-7-5-13(6-8-14)20(29)23-15-9-11-16(12-10-15)30-21-19-25-26-27-28(19)18-4-2-1-3-17(18)24-21/h1-12H,(H,23,29). The monoisotopic (exact) mass is 416 g/mol. The Bertz CT molecular complexity index is 1370. The van der Waals surface area contributed by atoms with E-state index in [1.807, 2.05) is 36.4 Å². The summed E-state index contributed by atoms with van der Waals surface area (Å²) >= 11 is 1.43. The van der Waals surface area contributed by atoms with Gasteiger partial charge in [-0.15, -0.1) is 5.10 Å². The van der Waals surface area contributed by atoms with Gasteiger partial charge in [-0.2, -0.15) is 4.52 Å². The molecule has 0 spiro atoms. The summed E-state index contributed by atoms with van der Waals surface area (Å²) in [6.45, 7) is 0. The number of hydrogen-bond donors (Lipinski definition) is 1. The first-order valence-corrected chi connectivity index (χ1v) is 9.81. The Morgan fingerprint density at radius 3 is 2.53 bits per heavy atom. The molecule has 2 heterocycles. The van der Waals surface area contributed by atoms with E-state index in [0.29, 0.717) is 21.9 Å². The third kappa shape index (κ3) is 3.46. The molecule has 0 saturated carbocycles. The molecule has 5 rings (SSSR count). The normalized spacial score (nSPS) is 11.1. The summed E-state index contributed by atoms with van der Waals surface area (Å²) in [6, 6.07) is 20.4. The minimum atomic E-state index is -0.382. The summed E-state index contributed by atoms with van der Waals surface area (Å²) in [6.07, 6.45) is 0. The molecular formula is C21H13FN6OS. The van der Waals surface area contributed by atoms with E-state index in [1.165, 1.54) is 36.0 Å². The zero-order valence-corrected chi connectivity index (χ0v) is 16.2. The van der Waals surface area contributed by atoms with Crippen molar-refractivity contribution in [2.45, 2.75) is 9.92 Å². The average molecular weight is 416 g/mol. The number of para-hydroxylation sites is 2. The van der Waals surface area contributed by atoms with Gasteiger partial charge in [-0.1, -0.05) is 23.9 Å². The number of rotatable bonds is 4. The van der Waals surface area contributed by atoms with Crippen LogP contribution in [0, 0.1) is 5.82 Å². The van der Waals surface area contributed by atoms with Gasteiger partial charge in [0, 0.05) is 16.1 Å². The molecule has 0 atom stereocenters. The largest absolute Gasteiger partial charge is 0.322 e. The summed E-state index contributed by atoms with van der Waals surface area (Å²) in [7, 11) is 0. The zero-order valence-electron chi connectivity index (χ0n) is 15.4. The lowest BCUT2D eigenvalue weighted by Gasteiger charge is -2.07. The van der Waals surface area contributed by atoms with Crippen molar-refractivity contribution in [2.75, 3.05) is 5.32 Å². The van der Waals surface area contributed by atoms with Crippen molar-refractivity contribution in [1.82, 2.24) is 25.0 Å². The molecule has 3 aromatic carbocycles. The van der Waals surface area contributed by atoms with Gasteiger partial charge >= 0.3 is 0 Å². The molecular weight excluding hydrogens is 403 g/mol. The van der Waals surface area contributed by atoms with Crippen LogP contribution in [0.3, 0.4) is 0 Å². The van der Waals surface area contributed by atoms with Crippen LogP contribution in [0.5, 0.6) is 0 Å². The molecule has 0 saturated heterocycles. The first kappa shape index (κ1) is 18.2. The number of carbonyl (C=O) groups excluding carboxylic acids is 1. The zero-order chi connectivity index (χ0) is 20.5. The second-order valence-corrected chi connectivity index (χ2v) is 7.47.